The van der Waals surface area contributed by atoms with Gasteiger partial charge in [0.1, 0.15) is 17.8 Å². The lowest BCUT2D eigenvalue weighted by atomic mass is 9.89. The molecule has 0 fully saturated rings. The molecule has 4 nitrogen and oxygen atoms in total. The van der Waals surface area contributed by atoms with Crippen LogP contribution in [0.4, 0.5) is 0 Å². The number of hydrogen-bond acceptors (Lipinski definition) is 4. The van der Waals surface area contributed by atoms with Crippen LogP contribution in [0.25, 0.3) is 10.9 Å². The molecule has 1 heterocycles. The largest absolute Gasteiger partial charge is 0.511 e. The van der Waals surface area contributed by atoms with Gasteiger partial charge in [0.05, 0.1) is 11.1 Å². The number of hydrogen-bond donors (Lipinski definition) is 1. The third-order valence-corrected chi connectivity index (χ3v) is 4.83. The third-order valence-electron chi connectivity index (χ3n) is 3.22. The summed E-state index contributed by atoms with van der Waals surface area (Å²) in [5, 5.41) is 11.4. The average Bonchev–Trinajstić information content (AvgIpc) is 2.44. The first-order valence-corrected chi connectivity index (χ1v) is 10.0. The number of benzene rings is 1. The fourth-order valence-electron chi connectivity index (χ4n) is 2.05. The number of aromatic nitrogens is 2. The van der Waals surface area contributed by atoms with E-state index in [0.29, 0.717) is 22.2 Å². The van der Waals surface area contributed by atoms with Crippen molar-refractivity contribution < 1.29 is 9.90 Å². The summed E-state index contributed by atoms with van der Waals surface area (Å²) in [7, 11) is 0. The maximum Gasteiger partial charge on any atom is 0.214 e. The molecule has 2 aromatic rings. The number of ketones is 1. The van der Waals surface area contributed by atoms with Gasteiger partial charge in [-0.25, -0.2) is 9.97 Å². The number of carbonyl (C=O) groups excluding carboxylic acids is 1. The SMILES string of the molecule is CC(C)(C)/C(O)=C(/C(=O)c1ncnc2ccccc12)C(I)(I)I. The number of aliphatic hydroxyl groups is 1. The molecule has 2 rings (SSSR count). The molecule has 0 saturated carbocycles. The van der Waals surface area contributed by atoms with Gasteiger partial charge in [-0.05, 0) is 73.8 Å². The zero-order chi connectivity index (χ0) is 17.4. The Hall–Kier alpha value is -0.0400. The first-order chi connectivity index (χ1) is 10.5. The van der Waals surface area contributed by atoms with Gasteiger partial charge in [-0.2, -0.15) is 0 Å². The molecule has 0 amide bonds. The Labute approximate surface area is 176 Å². The number of nitrogens with zero attached hydrogens (tertiary/aromatic N) is 2. The van der Waals surface area contributed by atoms with E-state index >= 15 is 0 Å². The average molecular weight is 648 g/mol. The highest BCUT2D eigenvalue weighted by Crippen LogP contribution is 2.47. The quantitative estimate of drug-likeness (QED) is 0.154. The lowest BCUT2D eigenvalue weighted by Gasteiger charge is -2.25. The van der Waals surface area contributed by atoms with Crippen molar-refractivity contribution in [3.8, 4) is 0 Å². The molecule has 1 aromatic carbocycles. The minimum absolute atomic E-state index is 0.0865. The van der Waals surface area contributed by atoms with E-state index in [1.54, 1.807) is 0 Å². The number of fused-ring (bicyclic) bond motifs is 1. The number of carbonyl (C=O) groups is 1. The van der Waals surface area contributed by atoms with Crippen LogP contribution in [0, 0.1) is 5.41 Å². The number of halogens is 3. The van der Waals surface area contributed by atoms with Crippen LogP contribution in [0.1, 0.15) is 31.3 Å². The summed E-state index contributed by atoms with van der Waals surface area (Å²) in [5.41, 5.74) is 0.855. The number of alkyl halides is 3. The van der Waals surface area contributed by atoms with Crippen molar-refractivity contribution in [1.82, 2.24) is 9.97 Å². The fourth-order valence-corrected chi connectivity index (χ4v) is 3.55. The highest BCUT2D eigenvalue weighted by molar-refractivity contribution is 14.3. The van der Waals surface area contributed by atoms with Gasteiger partial charge in [0, 0.05) is 10.8 Å². The molecule has 0 aliphatic heterocycles. The molecular weight excluding hydrogens is 633 g/mol. The predicted octanol–water partition coefficient (Wildman–Crippen LogP) is 5.63. The van der Waals surface area contributed by atoms with Crippen molar-refractivity contribution in [2.75, 3.05) is 0 Å². The Bertz CT molecular complexity index is 784. The molecular formula is C16H15I3N2O2. The lowest BCUT2D eigenvalue weighted by Crippen LogP contribution is -2.24. The van der Waals surface area contributed by atoms with Crippen LogP contribution in [0.5, 0.6) is 0 Å². The molecule has 0 saturated heterocycles. The molecule has 0 unspecified atom stereocenters. The monoisotopic (exact) mass is 648 g/mol. The number of para-hydroxylation sites is 1. The summed E-state index contributed by atoms with van der Waals surface area (Å²) in [6, 6.07) is 7.38. The van der Waals surface area contributed by atoms with Crippen LogP contribution in [0.2, 0.25) is 0 Å². The standard InChI is InChI=1S/C16H15I3N2O2/c1-15(2,3)14(23)11(16(17,18)19)13(22)12-9-6-4-5-7-10(9)20-8-21-12/h4-8,23H,1-3H3/b14-11+. The molecule has 0 bridgehead atoms. The minimum Gasteiger partial charge on any atom is -0.511 e. The first-order valence-electron chi connectivity index (χ1n) is 6.79. The van der Waals surface area contributed by atoms with Crippen LogP contribution in [0.15, 0.2) is 41.9 Å². The highest BCUT2D eigenvalue weighted by Gasteiger charge is 2.38. The van der Waals surface area contributed by atoms with E-state index < -0.39 is 4.85 Å². The van der Waals surface area contributed by atoms with Crippen molar-refractivity contribution in [1.29, 1.82) is 0 Å². The van der Waals surface area contributed by atoms with Crippen LogP contribution >= 0.6 is 67.8 Å². The number of aliphatic hydroxyl groups excluding tert-OH is 1. The van der Waals surface area contributed by atoms with Gasteiger partial charge in [-0.1, -0.05) is 39.0 Å². The highest BCUT2D eigenvalue weighted by atomic mass is 127. The summed E-state index contributed by atoms with van der Waals surface area (Å²) >= 11 is 6.45. The van der Waals surface area contributed by atoms with Crippen LogP contribution < -0.4 is 0 Å². The van der Waals surface area contributed by atoms with Crippen LogP contribution in [-0.4, -0.2) is 20.3 Å². The minimum atomic E-state index is -0.590. The van der Waals surface area contributed by atoms with E-state index in [1.165, 1.54) is 6.33 Å². The Morgan fingerprint density at radius 1 is 1.09 bits per heavy atom. The molecule has 0 spiro atoms. The summed E-state index contributed by atoms with van der Waals surface area (Å²) in [6.07, 6.45) is 1.39. The second-order valence-electron chi connectivity index (χ2n) is 6.04. The molecule has 1 N–H and O–H groups in total. The maximum absolute atomic E-state index is 13.2. The van der Waals surface area contributed by atoms with E-state index in [0.717, 1.165) is 0 Å². The lowest BCUT2D eigenvalue weighted by molar-refractivity contribution is 0.102. The molecule has 0 atom stereocenters. The van der Waals surface area contributed by atoms with E-state index in [9.17, 15) is 9.90 Å². The smallest absolute Gasteiger partial charge is 0.214 e. The van der Waals surface area contributed by atoms with Crippen molar-refractivity contribution in [3.05, 3.63) is 47.6 Å². The summed E-state index contributed by atoms with van der Waals surface area (Å²) in [5.74, 6) is -0.183. The van der Waals surface area contributed by atoms with Gasteiger partial charge in [0.15, 0.2) is -0.565 Å². The first kappa shape index (κ1) is 19.3. The zero-order valence-electron chi connectivity index (χ0n) is 12.8. The molecule has 7 heteroatoms. The van der Waals surface area contributed by atoms with Crippen molar-refractivity contribution in [2.45, 2.75) is 20.2 Å². The van der Waals surface area contributed by atoms with E-state index in [4.69, 9.17) is 0 Å². The Balaban J connectivity index is 2.72. The Morgan fingerprint density at radius 3 is 2.26 bits per heavy atom. The molecule has 0 aliphatic carbocycles. The van der Waals surface area contributed by atoms with Crippen molar-refractivity contribution in [3.63, 3.8) is 0 Å². The van der Waals surface area contributed by atoms with Crippen LogP contribution in [-0.2, 0) is 0 Å². The molecule has 1 aromatic heterocycles. The summed E-state index contributed by atoms with van der Waals surface area (Å²) in [6.45, 7) is 5.63. The zero-order valence-corrected chi connectivity index (χ0v) is 19.2. The summed E-state index contributed by atoms with van der Waals surface area (Å²) in [4.78, 5) is 21.6. The van der Waals surface area contributed by atoms with Gasteiger partial charge < -0.3 is 5.11 Å². The predicted molar refractivity (Wildman–Crippen MR) is 118 cm³/mol. The second kappa shape index (κ2) is 7.06. The summed E-state index contributed by atoms with van der Waals surface area (Å²) < 4.78 is -0.590. The van der Waals surface area contributed by atoms with Gasteiger partial charge >= 0.3 is 0 Å². The molecule has 0 aliphatic rings. The van der Waals surface area contributed by atoms with Crippen molar-refractivity contribution >= 4 is 84.5 Å². The maximum atomic E-state index is 13.2. The molecule has 23 heavy (non-hydrogen) atoms. The van der Waals surface area contributed by atoms with E-state index in [-0.39, 0.29) is 11.5 Å². The second-order valence-corrected chi connectivity index (χ2v) is 17.1. The van der Waals surface area contributed by atoms with Gasteiger partial charge in [0.2, 0.25) is 5.78 Å². The van der Waals surface area contributed by atoms with Crippen LogP contribution in [0.3, 0.4) is 0 Å². The normalized spacial score (nSPS) is 13.8. The topological polar surface area (TPSA) is 63.1 Å². The Morgan fingerprint density at radius 2 is 1.70 bits per heavy atom. The van der Waals surface area contributed by atoms with E-state index in [1.807, 2.05) is 45.0 Å². The third kappa shape index (κ3) is 4.33. The van der Waals surface area contributed by atoms with Gasteiger partial charge in [0.25, 0.3) is 0 Å². The number of allylic oxidation sites excluding steroid dienone is 2. The van der Waals surface area contributed by atoms with Gasteiger partial charge in [-0.3, -0.25) is 4.79 Å². The number of rotatable bonds is 3. The van der Waals surface area contributed by atoms with Crippen molar-refractivity contribution in [2.24, 2.45) is 5.41 Å². The molecule has 0 radical (unpaired) electrons. The van der Waals surface area contributed by atoms with Gasteiger partial charge in [-0.15, -0.1) is 0 Å². The fraction of sp³-hybridized carbons (Fsp3) is 0.312. The Kier molecular flexibility index (Phi) is 5.92. The number of Topliss-reactive ketones (excluding diaryl/α,β-unsaturated/α-hetero) is 1. The molecule has 122 valence electrons. The van der Waals surface area contributed by atoms with E-state index in [2.05, 4.69) is 77.7 Å².